The Kier molecular flexibility index (Phi) is 5.24. The molecule has 0 amide bonds. The van der Waals surface area contributed by atoms with Gasteiger partial charge in [0.05, 0.1) is 9.82 Å². The first-order chi connectivity index (χ1) is 8.45. The van der Waals surface area contributed by atoms with Crippen molar-refractivity contribution in [1.82, 2.24) is 0 Å². The molecule has 0 N–H and O–H groups in total. The Morgan fingerprint density at radius 1 is 1.17 bits per heavy atom. The molecule has 98 valence electrons. The Morgan fingerprint density at radius 3 is 2.06 bits per heavy atom. The smallest absolute Gasteiger partial charge is 0.258 e. The molecule has 0 saturated heterocycles. The molecule has 8 heteroatoms. The van der Waals surface area contributed by atoms with E-state index in [1.165, 1.54) is 24.3 Å². The molecule has 5 nitrogen and oxygen atoms in total. The number of benzene rings is 1. The second-order valence-corrected chi connectivity index (χ2v) is 6.83. The molecule has 0 aliphatic carbocycles. The molecule has 0 saturated carbocycles. The second kappa shape index (κ2) is 6.26. The lowest BCUT2D eigenvalue weighted by atomic mass is 10.4. The molecule has 0 atom stereocenters. The van der Waals surface area contributed by atoms with Crippen molar-refractivity contribution in [3.8, 4) is 0 Å². The molecule has 0 spiro atoms. The van der Waals surface area contributed by atoms with E-state index in [2.05, 4.69) is 0 Å². The summed E-state index contributed by atoms with van der Waals surface area (Å²) in [4.78, 5) is 10.1. The normalized spacial score (nSPS) is 11.0. The van der Waals surface area contributed by atoms with Crippen molar-refractivity contribution in [2.45, 2.75) is 4.90 Å². The molecule has 0 bridgehead atoms. The maximum absolute atomic E-state index is 12.2. The van der Waals surface area contributed by atoms with Crippen molar-refractivity contribution in [2.75, 3.05) is 12.5 Å². The molecule has 1 rings (SSSR count). The maximum atomic E-state index is 12.2. The first-order valence-corrected chi connectivity index (χ1v) is 8.65. The van der Waals surface area contributed by atoms with Gasteiger partial charge < -0.3 is 0 Å². The van der Waals surface area contributed by atoms with Crippen LogP contribution in [0.4, 0.5) is 0 Å². The van der Waals surface area contributed by atoms with E-state index in [0.717, 1.165) is 23.5 Å². The molecule has 1 aromatic rings. The van der Waals surface area contributed by atoms with Crippen LogP contribution in [0.5, 0.6) is 0 Å². The summed E-state index contributed by atoms with van der Waals surface area (Å²) in [5.74, 6) is 0. The summed E-state index contributed by atoms with van der Waals surface area (Å²) in [6.45, 7) is 0. The fourth-order valence-corrected chi connectivity index (χ4v) is 4.73. The molecule has 0 fully saturated rings. The van der Waals surface area contributed by atoms with E-state index in [-0.39, 0.29) is 9.13 Å². The van der Waals surface area contributed by atoms with E-state index in [9.17, 15) is 18.5 Å². The Hall–Kier alpha value is -0.990. The SMILES string of the molecule is CSC(SC)=C([N+](=O)[O-])S(=O)(=O)c1ccccc1. The number of thioether (sulfide) groups is 2. The topological polar surface area (TPSA) is 77.3 Å². The van der Waals surface area contributed by atoms with Gasteiger partial charge in [-0.25, -0.2) is 8.42 Å². The van der Waals surface area contributed by atoms with Gasteiger partial charge in [0.1, 0.15) is 4.24 Å². The van der Waals surface area contributed by atoms with Gasteiger partial charge >= 0.3 is 5.03 Å². The third kappa shape index (κ3) is 3.06. The zero-order valence-corrected chi connectivity index (χ0v) is 12.1. The van der Waals surface area contributed by atoms with Crippen LogP contribution in [0.25, 0.3) is 0 Å². The first kappa shape index (κ1) is 15.1. The van der Waals surface area contributed by atoms with Crippen LogP contribution in [0, 0.1) is 10.1 Å². The molecule has 0 unspecified atom stereocenters. The van der Waals surface area contributed by atoms with Crippen molar-refractivity contribution in [3.63, 3.8) is 0 Å². The fourth-order valence-electron chi connectivity index (χ4n) is 1.25. The highest BCUT2D eigenvalue weighted by molar-refractivity contribution is 8.22. The molecular formula is C10H11NO4S3. The van der Waals surface area contributed by atoms with Gasteiger partial charge in [-0.1, -0.05) is 18.2 Å². The zero-order chi connectivity index (χ0) is 13.8. The van der Waals surface area contributed by atoms with Crippen LogP contribution in [0.1, 0.15) is 0 Å². The first-order valence-electron chi connectivity index (χ1n) is 4.72. The van der Waals surface area contributed by atoms with Gasteiger partial charge in [0.2, 0.25) is 0 Å². The van der Waals surface area contributed by atoms with E-state index in [4.69, 9.17) is 0 Å². The van der Waals surface area contributed by atoms with E-state index in [0.29, 0.717) is 0 Å². The number of rotatable bonds is 5. The Balaban J connectivity index is 3.50. The molecular weight excluding hydrogens is 294 g/mol. The van der Waals surface area contributed by atoms with Crippen LogP contribution in [-0.4, -0.2) is 25.9 Å². The zero-order valence-electron chi connectivity index (χ0n) is 9.69. The third-order valence-corrected chi connectivity index (χ3v) is 6.16. The molecule has 18 heavy (non-hydrogen) atoms. The van der Waals surface area contributed by atoms with Crippen LogP contribution < -0.4 is 0 Å². The predicted molar refractivity (Wildman–Crippen MR) is 74.7 cm³/mol. The minimum atomic E-state index is -4.08. The lowest BCUT2D eigenvalue weighted by Gasteiger charge is -2.05. The van der Waals surface area contributed by atoms with E-state index in [1.54, 1.807) is 18.6 Å². The highest BCUT2D eigenvalue weighted by atomic mass is 32.2. The largest absolute Gasteiger partial charge is 0.383 e. The third-order valence-electron chi connectivity index (χ3n) is 2.02. The summed E-state index contributed by atoms with van der Waals surface area (Å²) in [6.07, 6.45) is 3.21. The summed E-state index contributed by atoms with van der Waals surface area (Å²) in [6, 6.07) is 7.40. The van der Waals surface area contributed by atoms with Gasteiger partial charge in [-0.15, -0.1) is 23.5 Å². The summed E-state index contributed by atoms with van der Waals surface area (Å²) in [5.41, 5.74) is 0. The Labute approximate surface area is 114 Å². The van der Waals surface area contributed by atoms with Gasteiger partial charge in [-0.3, -0.25) is 10.1 Å². The summed E-state index contributed by atoms with van der Waals surface area (Å²) in [7, 11) is -4.08. The fraction of sp³-hybridized carbons (Fsp3) is 0.200. The lowest BCUT2D eigenvalue weighted by Crippen LogP contribution is -2.14. The Bertz CT molecular complexity index is 560. The van der Waals surface area contributed by atoms with Gasteiger partial charge in [-0.2, -0.15) is 0 Å². The molecule has 0 aliphatic rings. The number of hydrogen-bond donors (Lipinski definition) is 0. The van der Waals surface area contributed by atoms with Gasteiger partial charge in [0.15, 0.2) is 0 Å². The number of nitrogens with zero attached hydrogens (tertiary/aromatic N) is 1. The second-order valence-electron chi connectivity index (χ2n) is 3.07. The van der Waals surface area contributed by atoms with Crippen LogP contribution >= 0.6 is 23.5 Å². The van der Waals surface area contributed by atoms with Crippen molar-refractivity contribution < 1.29 is 13.3 Å². The lowest BCUT2D eigenvalue weighted by molar-refractivity contribution is -0.411. The number of nitro groups is 1. The molecule has 0 radical (unpaired) electrons. The van der Waals surface area contributed by atoms with E-state index in [1.807, 2.05) is 0 Å². The average molecular weight is 305 g/mol. The molecule has 0 aliphatic heterocycles. The average Bonchev–Trinajstić information content (AvgIpc) is 2.36. The van der Waals surface area contributed by atoms with Crippen molar-refractivity contribution in [1.29, 1.82) is 0 Å². The number of sulfone groups is 1. The number of hydrogen-bond acceptors (Lipinski definition) is 6. The van der Waals surface area contributed by atoms with Crippen molar-refractivity contribution >= 4 is 33.4 Å². The minimum absolute atomic E-state index is 0.0719. The van der Waals surface area contributed by atoms with E-state index < -0.39 is 19.8 Å². The summed E-state index contributed by atoms with van der Waals surface area (Å²) in [5, 5.41) is 10.3. The van der Waals surface area contributed by atoms with Gasteiger partial charge in [0.25, 0.3) is 9.84 Å². The van der Waals surface area contributed by atoms with Crippen molar-refractivity contribution in [3.05, 3.63) is 49.7 Å². The standard InChI is InChI=1S/C10H11NO4S3/c1-16-10(17-2)9(11(12)13)18(14,15)8-6-4-3-5-7-8/h3-7H,1-2H3. The van der Waals surface area contributed by atoms with Crippen LogP contribution in [-0.2, 0) is 9.84 Å². The Morgan fingerprint density at radius 2 is 1.67 bits per heavy atom. The van der Waals surface area contributed by atoms with Crippen LogP contribution in [0.3, 0.4) is 0 Å². The van der Waals surface area contributed by atoms with Gasteiger partial charge in [0, 0.05) is 0 Å². The summed E-state index contributed by atoms with van der Waals surface area (Å²) >= 11 is 2.10. The maximum Gasteiger partial charge on any atom is 0.383 e. The highest BCUT2D eigenvalue weighted by Gasteiger charge is 2.35. The van der Waals surface area contributed by atoms with E-state index >= 15 is 0 Å². The molecule has 0 aromatic heterocycles. The quantitative estimate of drug-likeness (QED) is 0.614. The molecule has 0 heterocycles. The highest BCUT2D eigenvalue weighted by Crippen LogP contribution is 2.33. The predicted octanol–water partition coefficient (Wildman–Crippen LogP) is 2.59. The van der Waals surface area contributed by atoms with Crippen LogP contribution in [0.15, 0.2) is 44.5 Å². The minimum Gasteiger partial charge on any atom is -0.258 e. The van der Waals surface area contributed by atoms with Gasteiger partial charge in [-0.05, 0) is 24.6 Å². The van der Waals surface area contributed by atoms with Crippen LogP contribution in [0.2, 0.25) is 0 Å². The van der Waals surface area contributed by atoms with Crippen molar-refractivity contribution in [2.24, 2.45) is 0 Å². The molecule has 1 aromatic carbocycles. The monoisotopic (exact) mass is 305 g/mol. The summed E-state index contributed by atoms with van der Waals surface area (Å²) < 4.78 is 24.6.